The van der Waals surface area contributed by atoms with E-state index in [0.717, 1.165) is 14.7 Å². The number of fused-ring (bicyclic) bond motifs is 1. The third-order valence-electron chi connectivity index (χ3n) is 4.38. The van der Waals surface area contributed by atoms with Gasteiger partial charge in [-0.1, -0.05) is 17.4 Å². The molecule has 1 fully saturated rings. The molecule has 0 aliphatic carbocycles. The van der Waals surface area contributed by atoms with Gasteiger partial charge >= 0.3 is 0 Å². The minimum absolute atomic E-state index is 0.0957. The maximum atomic E-state index is 12.6. The first-order valence-electron chi connectivity index (χ1n) is 8.50. The molecule has 3 aromatic rings. The second-order valence-corrected chi connectivity index (χ2v) is 8.00. The quantitative estimate of drug-likeness (QED) is 0.463. The van der Waals surface area contributed by atoms with E-state index in [9.17, 15) is 14.9 Å². The Kier molecular flexibility index (Phi) is 5.25. The number of carbonyl (C=O) groups excluding carboxylic acids is 1. The lowest BCUT2D eigenvalue weighted by atomic mass is 10.1. The summed E-state index contributed by atoms with van der Waals surface area (Å²) in [7, 11) is 0. The largest absolute Gasteiger partial charge is 0.378 e. The summed E-state index contributed by atoms with van der Waals surface area (Å²) >= 11 is 4.78. The lowest BCUT2D eigenvalue weighted by Gasteiger charge is -2.28. The van der Waals surface area contributed by atoms with E-state index in [-0.39, 0.29) is 11.3 Å². The molecule has 1 aromatic heterocycles. The summed E-state index contributed by atoms with van der Waals surface area (Å²) < 4.78 is 7.07. The molecular weight excluding hydrogens is 448 g/mol. The van der Waals surface area contributed by atoms with Gasteiger partial charge in [0.25, 0.3) is 11.6 Å². The number of halogens is 1. The zero-order valence-electron chi connectivity index (χ0n) is 14.6. The Balaban J connectivity index is 1.60. The van der Waals surface area contributed by atoms with Gasteiger partial charge in [-0.25, -0.2) is 4.98 Å². The smallest absolute Gasteiger partial charge is 0.293 e. The van der Waals surface area contributed by atoms with E-state index in [2.05, 4.69) is 26.2 Å². The summed E-state index contributed by atoms with van der Waals surface area (Å²) in [4.78, 5) is 30.0. The SMILES string of the molecule is O=C(Nc1nc2c(Br)cccc2s1)c1ccc(N2CCOCC2)c([N+](=O)[O-])c1. The predicted octanol–water partition coefficient (Wildman–Crippen LogP) is 4.06. The van der Waals surface area contributed by atoms with Crippen LogP contribution in [0.25, 0.3) is 10.2 Å². The van der Waals surface area contributed by atoms with Gasteiger partial charge in [0.1, 0.15) is 5.69 Å². The van der Waals surface area contributed by atoms with Crippen LogP contribution in [0, 0.1) is 10.1 Å². The van der Waals surface area contributed by atoms with Crippen LogP contribution in [-0.2, 0) is 4.74 Å². The third kappa shape index (κ3) is 3.71. The fraction of sp³-hybridized carbons (Fsp3) is 0.222. The van der Waals surface area contributed by atoms with E-state index >= 15 is 0 Å². The third-order valence-corrected chi connectivity index (χ3v) is 5.95. The van der Waals surface area contributed by atoms with Crippen LogP contribution in [0.3, 0.4) is 0 Å². The molecule has 4 rings (SSSR count). The van der Waals surface area contributed by atoms with Crippen LogP contribution in [0.1, 0.15) is 10.4 Å². The van der Waals surface area contributed by atoms with Crippen LogP contribution in [0.5, 0.6) is 0 Å². The van der Waals surface area contributed by atoms with Crippen molar-refractivity contribution >= 4 is 59.9 Å². The number of aromatic nitrogens is 1. The van der Waals surface area contributed by atoms with E-state index in [1.54, 1.807) is 12.1 Å². The minimum Gasteiger partial charge on any atom is -0.378 e. The van der Waals surface area contributed by atoms with Crippen molar-refractivity contribution < 1.29 is 14.5 Å². The molecular formula is C18H15BrN4O4S. The van der Waals surface area contributed by atoms with Gasteiger partial charge in [0.15, 0.2) is 5.13 Å². The molecule has 0 atom stereocenters. The van der Waals surface area contributed by atoms with E-state index in [4.69, 9.17) is 4.74 Å². The van der Waals surface area contributed by atoms with E-state index in [1.807, 2.05) is 23.1 Å². The van der Waals surface area contributed by atoms with Gasteiger partial charge < -0.3 is 9.64 Å². The Morgan fingerprint density at radius 3 is 2.79 bits per heavy atom. The summed E-state index contributed by atoms with van der Waals surface area (Å²) in [6.45, 7) is 2.19. The van der Waals surface area contributed by atoms with Crippen molar-refractivity contribution in [3.8, 4) is 0 Å². The molecule has 144 valence electrons. The molecule has 1 aliphatic heterocycles. The number of nitro benzene ring substituents is 1. The van der Waals surface area contributed by atoms with E-state index in [0.29, 0.717) is 37.1 Å². The number of hydrogen-bond acceptors (Lipinski definition) is 7. The average Bonchev–Trinajstić information content (AvgIpc) is 3.12. The van der Waals surface area contributed by atoms with Crippen LogP contribution < -0.4 is 10.2 Å². The number of hydrogen-bond donors (Lipinski definition) is 1. The number of nitrogens with zero attached hydrogens (tertiary/aromatic N) is 3. The molecule has 1 amide bonds. The second-order valence-electron chi connectivity index (χ2n) is 6.12. The molecule has 0 bridgehead atoms. The number of carbonyl (C=O) groups is 1. The molecule has 10 heteroatoms. The van der Waals surface area contributed by atoms with Crippen LogP contribution in [0.15, 0.2) is 40.9 Å². The number of morpholine rings is 1. The maximum absolute atomic E-state index is 12.6. The predicted molar refractivity (Wildman–Crippen MR) is 111 cm³/mol. The highest BCUT2D eigenvalue weighted by molar-refractivity contribution is 9.10. The first-order chi connectivity index (χ1) is 13.5. The molecule has 8 nitrogen and oxygen atoms in total. The zero-order chi connectivity index (χ0) is 19.7. The molecule has 0 radical (unpaired) electrons. The Bertz CT molecular complexity index is 1060. The number of ether oxygens (including phenoxy) is 1. The van der Waals surface area contributed by atoms with Gasteiger partial charge in [0, 0.05) is 29.2 Å². The average molecular weight is 463 g/mol. The number of rotatable bonds is 4. The Hall–Kier alpha value is -2.56. The minimum atomic E-state index is -0.462. The lowest BCUT2D eigenvalue weighted by Crippen LogP contribution is -2.36. The van der Waals surface area contributed by atoms with Gasteiger partial charge in [0.2, 0.25) is 0 Å². The highest BCUT2D eigenvalue weighted by atomic mass is 79.9. The van der Waals surface area contributed by atoms with Crippen molar-refractivity contribution in [2.45, 2.75) is 0 Å². The molecule has 28 heavy (non-hydrogen) atoms. The Morgan fingerprint density at radius 1 is 1.29 bits per heavy atom. The number of benzene rings is 2. The van der Waals surface area contributed by atoms with E-state index < -0.39 is 10.8 Å². The number of anilines is 2. The Labute approximate surface area is 172 Å². The maximum Gasteiger partial charge on any atom is 0.293 e. The number of thiazole rings is 1. The van der Waals surface area contributed by atoms with Gasteiger partial charge in [0.05, 0.1) is 28.4 Å². The number of nitro groups is 1. The van der Waals surface area contributed by atoms with Crippen LogP contribution >= 0.6 is 27.3 Å². The highest BCUT2D eigenvalue weighted by Crippen LogP contribution is 2.32. The highest BCUT2D eigenvalue weighted by Gasteiger charge is 2.23. The summed E-state index contributed by atoms with van der Waals surface area (Å²) in [5.41, 5.74) is 1.37. The molecule has 1 saturated heterocycles. The molecule has 0 saturated carbocycles. The van der Waals surface area contributed by atoms with Crippen molar-refractivity contribution in [1.29, 1.82) is 0 Å². The molecule has 2 heterocycles. The van der Waals surface area contributed by atoms with Gasteiger partial charge in [-0.2, -0.15) is 0 Å². The normalized spacial score (nSPS) is 14.2. The first kappa shape index (κ1) is 18.8. The monoisotopic (exact) mass is 462 g/mol. The van der Waals surface area contributed by atoms with Crippen LogP contribution in [0.4, 0.5) is 16.5 Å². The Morgan fingerprint density at radius 2 is 2.07 bits per heavy atom. The van der Waals surface area contributed by atoms with E-state index in [1.165, 1.54) is 17.4 Å². The topological polar surface area (TPSA) is 97.6 Å². The van der Waals surface area contributed by atoms with Crippen LogP contribution in [-0.4, -0.2) is 42.1 Å². The van der Waals surface area contributed by atoms with Gasteiger partial charge in [-0.15, -0.1) is 0 Å². The first-order valence-corrected chi connectivity index (χ1v) is 10.1. The molecule has 1 aliphatic rings. The summed E-state index contributed by atoms with van der Waals surface area (Å²) in [5.74, 6) is -0.438. The van der Waals surface area contributed by atoms with Gasteiger partial charge in [-0.3, -0.25) is 20.2 Å². The molecule has 0 spiro atoms. The van der Waals surface area contributed by atoms with Crippen molar-refractivity contribution in [2.75, 3.05) is 36.5 Å². The molecule has 2 aromatic carbocycles. The summed E-state index contributed by atoms with van der Waals surface area (Å²) in [6.07, 6.45) is 0. The second kappa shape index (κ2) is 7.82. The summed E-state index contributed by atoms with van der Waals surface area (Å²) in [5, 5.41) is 14.7. The van der Waals surface area contributed by atoms with Crippen molar-refractivity contribution in [2.24, 2.45) is 0 Å². The van der Waals surface area contributed by atoms with Crippen molar-refractivity contribution in [3.05, 3.63) is 56.5 Å². The number of para-hydroxylation sites is 1. The van der Waals surface area contributed by atoms with Crippen molar-refractivity contribution in [3.63, 3.8) is 0 Å². The fourth-order valence-electron chi connectivity index (χ4n) is 3.02. The number of nitrogens with one attached hydrogen (secondary N) is 1. The van der Waals surface area contributed by atoms with Crippen LogP contribution in [0.2, 0.25) is 0 Å². The fourth-order valence-corrected chi connectivity index (χ4v) is 4.49. The molecule has 0 unspecified atom stereocenters. The van der Waals surface area contributed by atoms with Gasteiger partial charge in [-0.05, 0) is 40.2 Å². The lowest BCUT2D eigenvalue weighted by molar-refractivity contribution is -0.384. The van der Waals surface area contributed by atoms with Crippen molar-refractivity contribution in [1.82, 2.24) is 4.98 Å². The number of amides is 1. The molecule has 1 N–H and O–H groups in total. The standard InChI is InChI=1S/C18H15BrN4O4S/c19-12-2-1-3-15-16(12)20-18(28-15)21-17(24)11-4-5-13(14(10-11)23(25)26)22-6-8-27-9-7-22/h1-5,10H,6-9H2,(H,20,21,24). The summed E-state index contributed by atoms with van der Waals surface area (Å²) in [6, 6.07) is 10.2. The zero-order valence-corrected chi connectivity index (χ0v) is 17.0.